The van der Waals surface area contributed by atoms with Crippen molar-refractivity contribution in [3.05, 3.63) is 41.2 Å². The Morgan fingerprint density at radius 1 is 1.03 bits per heavy atom. The second kappa shape index (κ2) is 7.34. The molecule has 0 saturated carbocycles. The molecule has 3 aromatic rings. The van der Waals surface area contributed by atoms with Gasteiger partial charge >= 0.3 is 0 Å². The molecule has 2 aliphatic heterocycles. The molecule has 10 heteroatoms. The van der Waals surface area contributed by atoms with Gasteiger partial charge in [-0.3, -0.25) is 4.21 Å². The van der Waals surface area contributed by atoms with Crippen LogP contribution in [0.3, 0.4) is 0 Å². The molecule has 0 radical (unpaired) electrons. The molecule has 1 atom stereocenters. The fourth-order valence-corrected chi connectivity index (χ4v) is 5.77. The molecule has 0 aliphatic carbocycles. The molecule has 2 aliphatic rings. The van der Waals surface area contributed by atoms with Crippen LogP contribution in [-0.4, -0.2) is 51.1 Å². The number of piperazine rings is 1. The van der Waals surface area contributed by atoms with E-state index in [2.05, 4.69) is 19.8 Å². The van der Waals surface area contributed by atoms with Crippen LogP contribution in [0.5, 0.6) is 0 Å². The molecule has 1 saturated heterocycles. The normalized spacial score (nSPS) is 18.9. The van der Waals surface area contributed by atoms with E-state index in [1.807, 2.05) is 5.38 Å². The predicted octanol–water partition coefficient (Wildman–Crippen LogP) is 2.31. The van der Waals surface area contributed by atoms with E-state index in [1.54, 1.807) is 23.5 Å². The van der Waals surface area contributed by atoms with Crippen molar-refractivity contribution in [2.45, 2.75) is 11.3 Å². The van der Waals surface area contributed by atoms with E-state index in [0.717, 1.165) is 48.3 Å². The Bertz CT molecular complexity index is 1080. The maximum absolute atomic E-state index is 13.1. The fraction of sp³-hybridized carbons (Fsp3) is 0.316. The number of aryl methyl sites for hydroxylation is 1. The van der Waals surface area contributed by atoms with Gasteiger partial charge in [-0.2, -0.15) is 4.98 Å². The molecular formula is C19H19FN6OS2. The molecule has 4 heterocycles. The summed E-state index contributed by atoms with van der Waals surface area (Å²) < 4.78 is 25.1. The molecule has 1 unspecified atom stereocenters. The third-order valence-corrected chi connectivity index (χ3v) is 7.54. The first-order valence-electron chi connectivity index (χ1n) is 9.34. The lowest BCUT2D eigenvalue weighted by Gasteiger charge is -2.34. The molecular weight excluding hydrogens is 411 g/mol. The fourth-order valence-electron chi connectivity index (χ4n) is 3.61. The summed E-state index contributed by atoms with van der Waals surface area (Å²) in [5, 5.41) is 2.95. The van der Waals surface area contributed by atoms with Crippen LogP contribution in [0.15, 0.2) is 34.5 Å². The number of hydrogen-bond acceptors (Lipinski definition) is 8. The summed E-state index contributed by atoms with van der Waals surface area (Å²) in [5.41, 5.74) is 8.63. The summed E-state index contributed by atoms with van der Waals surface area (Å²) in [6.45, 7) is 3.10. The van der Waals surface area contributed by atoms with Gasteiger partial charge in [-0.25, -0.2) is 14.4 Å². The van der Waals surface area contributed by atoms with Crippen molar-refractivity contribution in [3.63, 3.8) is 0 Å². The van der Waals surface area contributed by atoms with E-state index in [4.69, 9.17) is 10.7 Å². The first-order valence-corrected chi connectivity index (χ1v) is 11.5. The SMILES string of the molecule is Nc1nc(N2CCN(c3nc(-c4ccc(F)cc4)cs3)CC2)nc2c1S(=O)CC2. The highest BCUT2D eigenvalue weighted by Crippen LogP contribution is 2.30. The Balaban J connectivity index is 1.28. The monoisotopic (exact) mass is 430 g/mol. The number of thiazole rings is 1. The smallest absolute Gasteiger partial charge is 0.227 e. The van der Waals surface area contributed by atoms with E-state index < -0.39 is 10.8 Å². The summed E-state index contributed by atoms with van der Waals surface area (Å²) in [7, 11) is -1.07. The molecule has 7 nitrogen and oxygen atoms in total. The van der Waals surface area contributed by atoms with E-state index in [0.29, 0.717) is 28.8 Å². The van der Waals surface area contributed by atoms with Crippen molar-refractivity contribution in [2.24, 2.45) is 0 Å². The Kier molecular flexibility index (Phi) is 4.67. The van der Waals surface area contributed by atoms with Gasteiger partial charge in [-0.05, 0) is 24.3 Å². The van der Waals surface area contributed by atoms with Crippen molar-refractivity contribution in [1.82, 2.24) is 15.0 Å². The van der Waals surface area contributed by atoms with E-state index in [1.165, 1.54) is 12.1 Å². The minimum Gasteiger partial charge on any atom is -0.383 e. The van der Waals surface area contributed by atoms with Gasteiger partial charge < -0.3 is 15.5 Å². The van der Waals surface area contributed by atoms with Gasteiger partial charge in [-0.15, -0.1) is 11.3 Å². The Hall–Kier alpha value is -2.59. The van der Waals surface area contributed by atoms with Crippen LogP contribution in [0, 0.1) is 5.82 Å². The van der Waals surface area contributed by atoms with Crippen LogP contribution in [0.25, 0.3) is 11.3 Å². The molecule has 1 fully saturated rings. The number of anilines is 3. The molecule has 0 amide bonds. The number of nitrogens with zero attached hydrogens (tertiary/aromatic N) is 5. The number of rotatable bonds is 3. The van der Waals surface area contributed by atoms with Gasteiger partial charge in [0, 0.05) is 49.3 Å². The maximum atomic E-state index is 13.1. The molecule has 0 spiro atoms. The molecule has 2 aromatic heterocycles. The van der Waals surface area contributed by atoms with Crippen LogP contribution in [0.2, 0.25) is 0 Å². The number of benzene rings is 1. The zero-order chi connectivity index (χ0) is 20.0. The lowest BCUT2D eigenvalue weighted by atomic mass is 10.2. The Morgan fingerprint density at radius 3 is 2.52 bits per heavy atom. The van der Waals surface area contributed by atoms with Crippen LogP contribution < -0.4 is 15.5 Å². The molecule has 29 heavy (non-hydrogen) atoms. The van der Waals surface area contributed by atoms with Gasteiger partial charge in [0.05, 0.1) is 22.2 Å². The van der Waals surface area contributed by atoms with Crippen molar-refractivity contribution in [1.29, 1.82) is 0 Å². The third-order valence-electron chi connectivity index (χ3n) is 5.17. The van der Waals surface area contributed by atoms with Crippen LogP contribution in [0.1, 0.15) is 5.69 Å². The van der Waals surface area contributed by atoms with Crippen molar-refractivity contribution in [3.8, 4) is 11.3 Å². The summed E-state index contributed by atoms with van der Waals surface area (Å²) in [5.74, 6) is 1.28. The minimum absolute atomic E-state index is 0.249. The quantitative estimate of drug-likeness (QED) is 0.682. The third kappa shape index (κ3) is 3.46. The average molecular weight is 431 g/mol. The number of hydrogen-bond donors (Lipinski definition) is 1. The van der Waals surface area contributed by atoms with E-state index >= 15 is 0 Å². The van der Waals surface area contributed by atoms with Crippen molar-refractivity contribution in [2.75, 3.05) is 47.5 Å². The largest absolute Gasteiger partial charge is 0.383 e. The van der Waals surface area contributed by atoms with Crippen molar-refractivity contribution >= 4 is 39.0 Å². The molecule has 2 N–H and O–H groups in total. The van der Waals surface area contributed by atoms with E-state index in [9.17, 15) is 8.60 Å². The number of aromatic nitrogens is 3. The summed E-state index contributed by atoms with van der Waals surface area (Å²) in [4.78, 5) is 18.7. The van der Waals surface area contributed by atoms with Gasteiger partial charge in [-0.1, -0.05) is 0 Å². The molecule has 150 valence electrons. The predicted molar refractivity (Wildman–Crippen MR) is 113 cm³/mol. The van der Waals surface area contributed by atoms with Crippen LogP contribution in [-0.2, 0) is 17.2 Å². The van der Waals surface area contributed by atoms with Crippen LogP contribution in [0.4, 0.5) is 21.3 Å². The standard InChI is InChI=1S/C19H19FN6OS2/c20-13-3-1-12(2-4-13)15-11-28-19(23-15)26-8-6-25(7-9-26)18-22-14-5-10-29(27)16(14)17(21)24-18/h1-4,11H,5-10H2,(H2,21,22,24). The molecule has 1 aromatic carbocycles. The lowest BCUT2D eigenvalue weighted by molar-refractivity contribution is 0.628. The summed E-state index contributed by atoms with van der Waals surface area (Å²) in [6.07, 6.45) is 0.687. The highest BCUT2D eigenvalue weighted by molar-refractivity contribution is 7.85. The summed E-state index contributed by atoms with van der Waals surface area (Å²) in [6, 6.07) is 6.39. The second-order valence-corrected chi connectivity index (χ2v) is 9.32. The summed E-state index contributed by atoms with van der Waals surface area (Å²) >= 11 is 1.59. The Labute approximate surface area is 173 Å². The highest BCUT2D eigenvalue weighted by atomic mass is 32.2. The van der Waals surface area contributed by atoms with Gasteiger partial charge in [0.1, 0.15) is 16.5 Å². The maximum Gasteiger partial charge on any atom is 0.227 e. The zero-order valence-corrected chi connectivity index (χ0v) is 17.2. The van der Waals surface area contributed by atoms with Gasteiger partial charge in [0.2, 0.25) is 5.95 Å². The molecule has 0 bridgehead atoms. The number of nitrogen functional groups attached to an aromatic ring is 1. The van der Waals surface area contributed by atoms with Crippen LogP contribution >= 0.6 is 11.3 Å². The highest BCUT2D eigenvalue weighted by Gasteiger charge is 2.27. The topological polar surface area (TPSA) is 88.2 Å². The second-order valence-electron chi connectivity index (χ2n) is 6.98. The lowest BCUT2D eigenvalue weighted by Crippen LogP contribution is -2.47. The van der Waals surface area contributed by atoms with E-state index in [-0.39, 0.29) is 5.82 Å². The van der Waals surface area contributed by atoms with Crippen molar-refractivity contribution < 1.29 is 8.60 Å². The Morgan fingerprint density at radius 2 is 1.76 bits per heavy atom. The molecule has 5 rings (SSSR count). The van der Waals surface area contributed by atoms with Gasteiger partial charge in [0.15, 0.2) is 5.13 Å². The zero-order valence-electron chi connectivity index (χ0n) is 15.5. The van der Waals surface area contributed by atoms with Gasteiger partial charge in [0.25, 0.3) is 0 Å². The average Bonchev–Trinajstić information content (AvgIpc) is 3.36. The minimum atomic E-state index is -1.07. The number of halogens is 1. The number of fused-ring (bicyclic) bond motifs is 1. The first-order chi connectivity index (χ1) is 14.1. The first kappa shape index (κ1) is 18.4. The number of nitrogens with two attached hydrogens (primary N) is 1.